The Morgan fingerprint density at radius 2 is 2.07 bits per heavy atom. The highest BCUT2D eigenvalue weighted by Crippen LogP contribution is 2.32. The number of ether oxygens (including phenoxy) is 2. The summed E-state index contributed by atoms with van der Waals surface area (Å²) < 4.78 is 19.3. The first-order chi connectivity index (χ1) is 14.2. The first kappa shape index (κ1) is 18.2. The van der Waals surface area contributed by atoms with Crippen molar-refractivity contribution in [3.63, 3.8) is 0 Å². The molecule has 152 valence electrons. The number of fused-ring (bicyclic) bond motifs is 1. The number of nitrogens with zero attached hydrogens (tertiary/aromatic N) is 3. The van der Waals surface area contributed by atoms with E-state index in [0.717, 1.165) is 43.6 Å². The third-order valence-corrected chi connectivity index (χ3v) is 6.03. The van der Waals surface area contributed by atoms with E-state index in [1.807, 2.05) is 11.0 Å². The summed E-state index contributed by atoms with van der Waals surface area (Å²) in [7, 11) is 0. The normalized spacial score (nSPS) is 20.4. The second-order valence-electron chi connectivity index (χ2n) is 7.83. The number of carbonyl (C=O) groups excluding carboxylic acids is 1. The van der Waals surface area contributed by atoms with Crippen LogP contribution in [0.2, 0.25) is 0 Å². The predicted octanol–water partition coefficient (Wildman–Crippen LogP) is 3.58. The zero-order valence-corrected chi connectivity index (χ0v) is 16.5. The van der Waals surface area contributed by atoms with Gasteiger partial charge in [0.1, 0.15) is 23.2 Å². The lowest BCUT2D eigenvalue weighted by molar-refractivity contribution is 0.0596. The van der Waals surface area contributed by atoms with Crippen molar-refractivity contribution < 1.29 is 18.8 Å². The van der Waals surface area contributed by atoms with Gasteiger partial charge in [-0.15, -0.1) is 0 Å². The van der Waals surface area contributed by atoms with Crippen molar-refractivity contribution in [3.8, 4) is 5.75 Å². The number of aromatic nitrogens is 2. The van der Waals surface area contributed by atoms with Crippen LogP contribution in [0, 0.1) is 6.92 Å². The van der Waals surface area contributed by atoms with Crippen LogP contribution in [0.25, 0.3) is 10.9 Å². The Kier molecular flexibility index (Phi) is 4.75. The summed E-state index contributed by atoms with van der Waals surface area (Å²) in [5, 5.41) is 4.85. The van der Waals surface area contributed by atoms with Gasteiger partial charge in [-0.3, -0.25) is 4.79 Å². The molecule has 7 nitrogen and oxygen atoms in total. The minimum Gasteiger partial charge on any atom is -0.490 e. The molecule has 0 spiro atoms. The molecule has 1 aromatic carbocycles. The molecule has 2 aromatic heterocycles. The number of likely N-dealkylation sites (tertiary alicyclic amines) is 1. The van der Waals surface area contributed by atoms with Crippen LogP contribution in [0.1, 0.15) is 41.4 Å². The average molecular weight is 395 g/mol. The molecule has 1 amide bonds. The Morgan fingerprint density at radius 3 is 2.79 bits per heavy atom. The van der Waals surface area contributed by atoms with Gasteiger partial charge in [-0.05, 0) is 31.5 Å². The van der Waals surface area contributed by atoms with E-state index in [4.69, 9.17) is 14.0 Å². The topological polar surface area (TPSA) is 69.7 Å². The summed E-state index contributed by atoms with van der Waals surface area (Å²) in [6.07, 6.45) is 6.41. The molecule has 2 saturated heterocycles. The van der Waals surface area contributed by atoms with Crippen molar-refractivity contribution >= 4 is 16.8 Å². The van der Waals surface area contributed by atoms with Gasteiger partial charge in [0, 0.05) is 44.1 Å². The number of piperidine rings is 1. The molecule has 0 bridgehead atoms. The molecule has 0 N–H and O–H groups in total. The molecular formula is C22H25N3O4. The van der Waals surface area contributed by atoms with Gasteiger partial charge < -0.3 is 23.5 Å². The van der Waals surface area contributed by atoms with Gasteiger partial charge in [-0.1, -0.05) is 11.2 Å². The maximum atomic E-state index is 12.6. The number of amides is 1. The number of hydrogen-bond donors (Lipinski definition) is 0. The molecule has 0 saturated carbocycles. The third kappa shape index (κ3) is 3.40. The van der Waals surface area contributed by atoms with E-state index in [1.54, 1.807) is 6.92 Å². The van der Waals surface area contributed by atoms with Crippen LogP contribution in [0.5, 0.6) is 5.75 Å². The molecular weight excluding hydrogens is 370 g/mol. The van der Waals surface area contributed by atoms with Crippen LogP contribution in [-0.2, 0) is 4.74 Å². The van der Waals surface area contributed by atoms with Crippen molar-refractivity contribution in [2.24, 2.45) is 0 Å². The zero-order chi connectivity index (χ0) is 19.8. The van der Waals surface area contributed by atoms with Gasteiger partial charge >= 0.3 is 0 Å². The third-order valence-electron chi connectivity index (χ3n) is 6.03. The number of aryl methyl sites for hydroxylation is 1. The molecule has 2 aliphatic rings. The van der Waals surface area contributed by atoms with E-state index in [0.29, 0.717) is 30.5 Å². The van der Waals surface area contributed by atoms with Crippen molar-refractivity contribution in [2.45, 2.75) is 38.3 Å². The highest BCUT2D eigenvalue weighted by molar-refractivity contribution is 5.94. The average Bonchev–Trinajstić information content (AvgIpc) is 3.48. The lowest BCUT2D eigenvalue weighted by Crippen LogP contribution is -2.41. The maximum Gasteiger partial charge on any atom is 0.259 e. The van der Waals surface area contributed by atoms with Crippen molar-refractivity contribution in [2.75, 3.05) is 26.3 Å². The van der Waals surface area contributed by atoms with Gasteiger partial charge in [-0.2, -0.15) is 0 Å². The van der Waals surface area contributed by atoms with Crippen LogP contribution in [-0.4, -0.2) is 52.9 Å². The zero-order valence-electron chi connectivity index (χ0n) is 16.5. The fourth-order valence-electron chi connectivity index (χ4n) is 4.35. The molecule has 1 unspecified atom stereocenters. The smallest absolute Gasteiger partial charge is 0.259 e. The molecule has 29 heavy (non-hydrogen) atoms. The summed E-state index contributed by atoms with van der Waals surface area (Å²) in [6, 6.07) is 8.77. The quantitative estimate of drug-likeness (QED) is 0.675. The summed E-state index contributed by atoms with van der Waals surface area (Å²) >= 11 is 0. The lowest BCUT2D eigenvalue weighted by atomic mass is 10.1. The first-order valence-corrected chi connectivity index (χ1v) is 10.2. The van der Waals surface area contributed by atoms with E-state index < -0.39 is 0 Å². The fourth-order valence-corrected chi connectivity index (χ4v) is 4.35. The predicted molar refractivity (Wildman–Crippen MR) is 107 cm³/mol. The SMILES string of the molecule is Cc1oncc1C(=O)N1CCC(Oc2cccc3c2ccn3C2CCOC2)CC1. The van der Waals surface area contributed by atoms with E-state index in [-0.39, 0.29) is 12.0 Å². The van der Waals surface area contributed by atoms with Crippen LogP contribution >= 0.6 is 0 Å². The molecule has 2 fully saturated rings. The Balaban J connectivity index is 1.26. The second kappa shape index (κ2) is 7.55. The number of hydrogen-bond acceptors (Lipinski definition) is 5. The summed E-state index contributed by atoms with van der Waals surface area (Å²) in [4.78, 5) is 14.5. The van der Waals surface area contributed by atoms with E-state index in [2.05, 4.69) is 34.1 Å². The summed E-state index contributed by atoms with van der Waals surface area (Å²) in [5.41, 5.74) is 1.74. The number of carbonyl (C=O) groups is 1. The van der Waals surface area contributed by atoms with Crippen LogP contribution in [0.4, 0.5) is 0 Å². The molecule has 5 rings (SSSR count). The monoisotopic (exact) mass is 395 g/mol. The number of rotatable bonds is 4. The van der Waals surface area contributed by atoms with Crippen molar-refractivity contribution in [3.05, 3.63) is 48.0 Å². The second-order valence-corrected chi connectivity index (χ2v) is 7.83. The van der Waals surface area contributed by atoms with Crippen LogP contribution in [0.15, 0.2) is 41.2 Å². The van der Waals surface area contributed by atoms with E-state index in [1.165, 1.54) is 11.7 Å². The maximum absolute atomic E-state index is 12.6. The van der Waals surface area contributed by atoms with Gasteiger partial charge in [0.25, 0.3) is 5.91 Å². The summed E-state index contributed by atoms with van der Waals surface area (Å²) in [6.45, 7) is 4.70. The van der Waals surface area contributed by atoms with Crippen molar-refractivity contribution in [1.82, 2.24) is 14.6 Å². The molecule has 1 atom stereocenters. The highest BCUT2D eigenvalue weighted by atomic mass is 16.5. The first-order valence-electron chi connectivity index (χ1n) is 10.2. The van der Waals surface area contributed by atoms with Crippen LogP contribution in [0.3, 0.4) is 0 Å². The Labute approximate surface area is 169 Å². The minimum absolute atomic E-state index is 0.0137. The van der Waals surface area contributed by atoms with Crippen LogP contribution < -0.4 is 4.74 Å². The Morgan fingerprint density at radius 1 is 1.21 bits per heavy atom. The fraction of sp³-hybridized carbons (Fsp3) is 0.455. The van der Waals surface area contributed by atoms with Gasteiger partial charge in [-0.25, -0.2) is 0 Å². The van der Waals surface area contributed by atoms with Crippen molar-refractivity contribution in [1.29, 1.82) is 0 Å². The largest absolute Gasteiger partial charge is 0.490 e. The van der Waals surface area contributed by atoms with Gasteiger partial charge in [0.15, 0.2) is 0 Å². The van der Waals surface area contributed by atoms with Gasteiger partial charge in [0.05, 0.1) is 24.4 Å². The standard InChI is InChI=1S/C22H25N3O4/c1-15-19(13-23-29-15)22(26)24-9-5-17(6-10-24)28-21-4-2-3-20-18(21)7-11-25(20)16-8-12-27-14-16/h2-4,7,11,13,16-17H,5-6,8-10,12,14H2,1H3. The highest BCUT2D eigenvalue weighted by Gasteiger charge is 2.27. The van der Waals surface area contributed by atoms with E-state index >= 15 is 0 Å². The molecule has 2 aliphatic heterocycles. The molecule has 4 heterocycles. The molecule has 7 heteroatoms. The minimum atomic E-state index is -0.0137. The molecule has 0 aliphatic carbocycles. The Bertz CT molecular complexity index is 1010. The Hall–Kier alpha value is -2.80. The van der Waals surface area contributed by atoms with E-state index in [9.17, 15) is 4.79 Å². The number of benzene rings is 1. The lowest BCUT2D eigenvalue weighted by Gasteiger charge is -2.32. The summed E-state index contributed by atoms with van der Waals surface area (Å²) in [5.74, 6) is 1.47. The van der Waals surface area contributed by atoms with Gasteiger partial charge in [0.2, 0.25) is 0 Å². The molecule has 0 radical (unpaired) electrons. The molecule has 3 aromatic rings.